The molecule has 2 heterocycles. The van der Waals surface area contributed by atoms with Crippen molar-refractivity contribution in [3.8, 4) is 0 Å². The van der Waals surface area contributed by atoms with E-state index in [-0.39, 0.29) is 50.0 Å². The quantitative estimate of drug-likeness (QED) is 0.195. The lowest BCUT2D eigenvalue weighted by molar-refractivity contribution is -0.141. The highest BCUT2D eigenvalue weighted by Gasteiger charge is 2.14. The molecule has 3 rings (SSSR count). The van der Waals surface area contributed by atoms with Gasteiger partial charge in [0.1, 0.15) is 20.5 Å². The second-order valence-electron chi connectivity index (χ2n) is 6.52. The SMILES string of the molecule is CC.CCOC(=O)CNP(COCCn1cnc2c(=O)[nH]c(N)nc21)OCc1cccc(F)c1. The molecule has 0 bridgehead atoms. The summed E-state index contributed by atoms with van der Waals surface area (Å²) in [5, 5.41) is 2.98. The van der Waals surface area contributed by atoms with Crippen molar-refractivity contribution in [1.29, 1.82) is 0 Å². The summed E-state index contributed by atoms with van der Waals surface area (Å²) >= 11 is 0. The topological polar surface area (TPSA) is 146 Å². The Balaban J connectivity index is 0.00000199. The zero-order valence-electron chi connectivity index (χ0n) is 19.4. The second kappa shape index (κ2) is 14.4. The number of carbonyl (C=O) groups excluding carboxylic acids is 1. The van der Waals surface area contributed by atoms with E-state index in [1.807, 2.05) is 13.8 Å². The van der Waals surface area contributed by atoms with Crippen LogP contribution in [0.15, 0.2) is 35.4 Å². The fourth-order valence-corrected chi connectivity index (χ4v) is 3.88. The third kappa shape index (κ3) is 8.45. The molecule has 0 radical (unpaired) electrons. The van der Waals surface area contributed by atoms with Crippen LogP contribution in [0.5, 0.6) is 0 Å². The van der Waals surface area contributed by atoms with Gasteiger partial charge < -0.3 is 24.3 Å². The molecule has 34 heavy (non-hydrogen) atoms. The first-order valence-electron chi connectivity index (χ1n) is 10.8. The average molecular weight is 496 g/mol. The molecule has 2 aromatic heterocycles. The molecule has 1 aromatic carbocycles. The molecule has 0 aliphatic rings. The van der Waals surface area contributed by atoms with Crippen molar-refractivity contribution >= 4 is 31.4 Å². The van der Waals surface area contributed by atoms with Crippen LogP contribution in [0.25, 0.3) is 11.2 Å². The zero-order chi connectivity index (χ0) is 24.9. The number of imidazole rings is 1. The standard InChI is InChI=1S/C19H24FN6O5P.C2H6/c1-2-30-15(27)9-23-32(31-10-13-4-3-5-14(20)8-13)12-29-7-6-26-11-22-16-17(26)24-19(21)25-18(16)28;1-2/h3-5,8,11,23H,2,6-7,9-10,12H2,1H3,(H3,21,24,25,28);1-2H3. The maximum absolute atomic E-state index is 13.4. The Hall–Kier alpha value is -2.92. The molecular formula is C21H30FN6O5P. The van der Waals surface area contributed by atoms with Crippen LogP contribution in [-0.2, 0) is 31.9 Å². The van der Waals surface area contributed by atoms with E-state index >= 15 is 0 Å². The van der Waals surface area contributed by atoms with Crippen molar-refractivity contribution in [2.24, 2.45) is 0 Å². The Morgan fingerprint density at radius 2 is 2.15 bits per heavy atom. The smallest absolute Gasteiger partial charge is 0.320 e. The largest absolute Gasteiger partial charge is 0.465 e. The van der Waals surface area contributed by atoms with Gasteiger partial charge in [-0.15, -0.1) is 0 Å². The second-order valence-corrected chi connectivity index (χ2v) is 8.11. The fraction of sp³-hybridized carbons (Fsp3) is 0.429. The Morgan fingerprint density at radius 1 is 1.35 bits per heavy atom. The number of hydrogen-bond donors (Lipinski definition) is 3. The number of anilines is 1. The molecule has 13 heteroatoms. The minimum atomic E-state index is -1.36. The van der Waals surface area contributed by atoms with E-state index in [0.717, 1.165) is 0 Å². The lowest BCUT2D eigenvalue weighted by atomic mass is 10.2. The molecule has 0 fully saturated rings. The number of nitrogens with zero attached hydrogens (tertiary/aromatic N) is 3. The summed E-state index contributed by atoms with van der Waals surface area (Å²) in [5.41, 5.74) is 6.40. The van der Waals surface area contributed by atoms with Crippen molar-refractivity contribution in [1.82, 2.24) is 24.6 Å². The maximum atomic E-state index is 13.4. The summed E-state index contributed by atoms with van der Waals surface area (Å²) in [6.07, 6.45) is 1.66. The maximum Gasteiger partial charge on any atom is 0.320 e. The Labute approximate surface area is 197 Å². The molecular weight excluding hydrogens is 466 g/mol. The Kier molecular flexibility index (Phi) is 11.5. The van der Waals surface area contributed by atoms with Crippen molar-refractivity contribution in [2.45, 2.75) is 33.9 Å². The van der Waals surface area contributed by atoms with Gasteiger partial charge in [0, 0.05) is 6.54 Å². The van der Waals surface area contributed by atoms with E-state index in [1.54, 1.807) is 23.6 Å². The average Bonchev–Trinajstić information content (AvgIpc) is 3.22. The summed E-state index contributed by atoms with van der Waals surface area (Å²) in [4.78, 5) is 34.0. The van der Waals surface area contributed by atoms with E-state index in [9.17, 15) is 14.0 Å². The highest BCUT2D eigenvalue weighted by atomic mass is 31.2. The minimum Gasteiger partial charge on any atom is -0.465 e. The molecule has 0 saturated carbocycles. The van der Waals surface area contributed by atoms with Crippen molar-refractivity contribution in [2.75, 3.05) is 31.8 Å². The van der Waals surface area contributed by atoms with Gasteiger partial charge in [0.25, 0.3) is 5.56 Å². The van der Waals surface area contributed by atoms with E-state index < -0.39 is 19.8 Å². The minimum absolute atomic E-state index is 0.00241. The number of esters is 1. The van der Waals surface area contributed by atoms with Crippen LogP contribution >= 0.6 is 8.30 Å². The highest BCUT2D eigenvalue weighted by Crippen LogP contribution is 2.33. The molecule has 4 N–H and O–H groups in total. The summed E-state index contributed by atoms with van der Waals surface area (Å²) in [7, 11) is -1.36. The van der Waals surface area contributed by atoms with E-state index in [2.05, 4.69) is 20.0 Å². The first-order chi connectivity index (χ1) is 16.5. The van der Waals surface area contributed by atoms with Gasteiger partial charge in [-0.2, -0.15) is 4.98 Å². The number of fused-ring (bicyclic) bond motifs is 1. The predicted octanol–water partition coefficient (Wildman–Crippen LogP) is 2.52. The Bertz CT molecular complexity index is 1110. The summed E-state index contributed by atoms with van der Waals surface area (Å²) < 4.78 is 31.5. The molecule has 11 nitrogen and oxygen atoms in total. The number of benzene rings is 1. The van der Waals surface area contributed by atoms with Crippen LogP contribution in [0.1, 0.15) is 26.3 Å². The van der Waals surface area contributed by atoms with Gasteiger partial charge in [-0.05, 0) is 24.6 Å². The van der Waals surface area contributed by atoms with Crippen LogP contribution in [-0.4, -0.2) is 51.6 Å². The van der Waals surface area contributed by atoms with Crippen LogP contribution in [0.4, 0.5) is 10.3 Å². The normalized spacial score (nSPS) is 11.6. The highest BCUT2D eigenvalue weighted by molar-refractivity contribution is 7.50. The van der Waals surface area contributed by atoms with Crippen LogP contribution in [0.2, 0.25) is 0 Å². The number of carbonyl (C=O) groups is 1. The van der Waals surface area contributed by atoms with Gasteiger partial charge in [-0.1, -0.05) is 26.0 Å². The summed E-state index contributed by atoms with van der Waals surface area (Å²) in [5.74, 6) is -0.762. The van der Waals surface area contributed by atoms with Gasteiger partial charge in [-0.25, -0.2) is 9.37 Å². The third-order valence-corrected chi connectivity index (χ3v) is 5.53. The van der Waals surface area contributed by atoms with E-state index in [4.69, 9.17) is 19.7 Å². The first-order valence-corrected chi connectivity index (χ1v) is 12.2. The number of nitrogens with one attached hydrogen (secondary N) is 2. The molecule has 186 valence electrons. The molecule has 3 aromatic rings. The zero-order valence-corrected chi connectivity index (χ0v) is 20.3. The first kappa shape index (κ1) is 27.3. The van der Waals surface area contributed by atoms with Gasteiger partial charge in [0.15, 0.2) is 11.2 Å². The van der Waals surface area contributed by atoms with Crippen molar-refractivity contribution in [3.63, 3.8) is 0 Å². The van der Waals surface area contributed by atoms with Gasteiger partial charge in [-0.3, -0.25) is 19.7 Å². The number of nitrogens with two attached hydrogens (primary N) is 1. The van der Waals surface area contributed by atoms with E-state index in [1.165, 1.54) is 18.5 Å². The van der Waals surface area contributed by atoms with Gasteiger partial charge in [0.05, 0.1) is 32.7 Å². The molecule has 0 aliphatic heterocycles. The lowest BCUT2D eigenvalue weighted by Gasteiger charge is -2.19. The number of aromatic amines is 1. The van der Waals surface area contributed by atoms with Gasteiger partial charge >= 0.3 is 5.97 Å². The summed E-state index contributed by atoms with van der Waals surface area (Å²) in [6.45, 7) is 6.76. The molecule has 0 saturated heterocycles. The number of H-pyrrole nitrogens is 1. The third-order valence-electron chi connectivity index (χ3n) is 4.16. The lowest BCUT2D eigenvalue weighted by Crippen LogP contribution is -2.23. The Morgan fingerprint density at radius 3 is 2.88 bits per heavy atom. The van der Waals surface area contributed by atoms with Crippen LogP contribution < -0.4 is 16.4 Å². The van der Waals surface area contributed by atoms with E-state index in [0.29, 0.717) is 17.8 Å². The monoisotopic (exact) mass is 496 g/mol. The molecule has 1 unspecified atom stereocenters. The summed E-state index contributed by atoms with van der Waals surface area (Å²) in [6, 6.07) is 6.07. The molecule has 0 aliphatic carbocycles. The number of rotatable bonds is 12. The van der Waals surface area contributed by atoms with Crippen molar-refractivity contribution in [3.05, 3.63) is 52.3 Å². The predicted molar refractivity (Wildman–Crippen MR) is 127 cm³/mol. The number of nitrogen functional groups attached to an aromatic ring is 1. The number of hydrogen-bond acceptors (Lipinski definition) is 9. The number of aromatic nitrogens is 4. The molecule has 0 amide bonds. The molecule has 1 atom stereocenters. The fourth-order valence-electron chi connectivity index (χ4n) is 2.72. The van der Waals surface area contributed by atoms with Gasteiger partial charge in [0.2, 0.25) is 5.95 Å². The van der Waals surface area contributed by atoms with Crippen LogP contribution in [0, 0.1) is 5.82 Å². The van der Waals surface area contributed by atoms with Crippen molar-refractivity contribution < 1.29 is 23.2 Å². The number of ether oxygens (including phenoxy) is 2. The number of halogens is 1. The molecule has 0 spiro atoms. The van der Waals surface area contributed by atoms with Crippen LogP contribution in [0.3, 0.4) is 0 Å².